The van der Waals surface area contributed by atoms with E-state index in [0.717, 1.165) is 10.9 Å². The van der Waals surface area contributed by atoms with Gasteiger partial charge in [-0.05, 0) is 25.1 Å². The first kappa shape index (κ1) is 10.8. The number of phenols is 1. The topological polar surface area (TPSA) is 38.1 Å². The summed E-state index contributed by atoms with van der Waals surface area (Å²) in [5.41, 5.74) is 1.55. The van der Waals surface area contributed by atoms with Crippen LogP contribution in [0.1, 0.15) is 18.5 Å². The van der Waals surface area contributed by atoms with Gasteiger partial charge < -0.3 is 9.67 Å². The molecule has 18 heavy (non-hydrogen) atoms. The van der Waals surface area contributed by atoms with Gasteiger partial charge in [0.2, 0.25) is 0 Å². The van der Waals surface area contributed by atoms with Crippen molar-refractivity contribution in [3.63, 3.8) is 0 Å². The van der Waals surface area contributed by atoms with Gasteiger partial charge in [-0.25, -0.2) is 0 Å². The van der Waals surface area contributed by atoms with Crippen molar-refractivity contribution in [2.75, 3.05) is 0 Å². The van der Waals surface area contributed by atoms with Crippen molar-refractivity contribution in [3.8, 4) is 5.75 Å². The Balaban J connectivity index is 2.15. The van der Waals surface area contributed by atoms with Crippen LogP contribution in [0.25, 0.3) is 10.9 Å². The van der Waals surface area contributed by atoms with E-state index in [1.807, 2.05) is 48.8 Å². The number of phenolic OH excluding ortho intramolecular Hbond substituents is 1. The van der Waals surface area contributed by atoms with Crippen LogP contribution >= 0.6 is 0 Å². The largest absolute Gasteiger partial charge is 0.505 e. The minimum Gasteiger partial charge on any atom is -0.505 e. The van der Waals surface area contributed by atoms with E-state index in [9.17, 15) is 5.11 Å². The molecule has 3 rings (SSSR count). The van der Waals surface area contributed by atoms with Crippen LogP contribution in [-0.2, 0) is 0 Å². The minimum atomic E-state index is 0.0893. The average Bonchev–Trinajstić information content (AvgIpc) is 2.93. The number of hydrogen-bond acceptors (Lipinski definition) is 2. The summed E-state index contributed by atoms with van der Waals surface area (Å²) in [5, 5.41) is 11.3. The van der Waals surface area contributed by atoms with Crippen LogP contribution in [-0.4, -0.2) is 14.7 Å². The van der Waals surface area contributed by atoms with Crippen LogP contribution in [0.15, 0.2) is 55.0 Å². The van der Waals surface area contributed by atoms with E-state index in [1.165, 1.54) is 0 Å². The van der Waals surface area contributed by atoms with E-state index >= 15 is 0 Å². The fourth-order valence-corrected chi connectivity index (χ4v) is 2.25. The average molecular weight is 238 g/mol. The second-order valence-corrected chi connectivity index (χ2v) is 4.38. The normalized spacial score (nSPS) is 12.7. The van der Waals surface area contributed by atoms with E-state index in [4.69, 9.17) is 0 Å². The molecule has 3 nitrogen and oxygen atoms in total. The van der Waals surface area contributed by atoms with Crippen molar-refractivity contribution in [1.82, 2.24) is 9.55 Å². The Morgan fingerprint density at radius 2 is 1.89 bits per heavy atom. The molecule has 0 fully saturated rings. The molecule has 3 aromatic rings. The lowest BCUT2D eigenvalue weighted by Gasteiger charge is -2.16. The van der Waals surface area contributed by atoms with Gasteiger partial charge in [-0.15, -0.1) is 0 Å². The number of hydrogen-bond donors (Lipinski definition) is 1. The van der Waals surface area contributed by atoms with Crippen molar-refractivity contribution in [3.05, 3.63) is 60.6 Å². The molecule has 0 spiro atoms. The highest BCUT2D eigenvalue weighted by Gasteiger charge is 2.14. The summed E-state index contributed by atoms with van der Waals surface area (Å²) >= 11 is 0. The molecule has 0 bridgehead atoms. The van der Waals surface area contributed by atoms with Gasteiger partial charge in [0.05, 0.1) is 6.04 Å². The van der Waals surface area contributed by atoms with Gasteiger partial charge in [0.15, 0.2) is 0 Å². The zero-order chi connectivity index (χ0) is 12.5. The molecule has 1 atom stereocenters. The second-order valence-electron chi connectivity index (χ2n) is 4.38. The predicted octanol–water partition coefficient (Wildman–Crippen LogP) is 3.35. The van der Waals surface area contributed by atoms with Crippen LogP contribution in [0.5, 0.6) is 5.75 Å². The quantitative estimate of drug-likeness (QED) is 0.743. The van der Waals surface area contributed by atoms with E-state index < -0.39 is 0 Å². The molecule has 2 heterocycles. The van der Waals surface area contributed by atoms with Crippen molar-refractivity contribution in [2.24, 2.45) is 0 Å². The van der Waals surface area contributed by atoms with Crippen molar-refractivity contribution in [1.29, 1.82) is 0 Å². The van der Waals surface area contributed by atoms with Crippen LogP contribution in [0.4, 0.5) is 0 Å². The molecule has 0 aliphatic heterocycles. The van der Waals surface area contributed by atoms with E-state index in [0.29, 0.717) is 5.52 Å². The van der Waals surface area contributed by atoms with Crippen molar-refractivity contribution >= 4 is 10.9 Å². The van der Waals surface area contributed by atoms with Gasteiger partial charge in [0, 0.05) is 29.5 Å². The molecule has 1 N–H and O–H groups in total. The Kier molecular flexibility index (Phi) is 2.52. The smallest absolute Gasteiger partial charge is 0.147 e. The highest BCUT2D eigenvalue weighted by Crippen LogP contribution is 2.32. The standard InChI is InChI=1S/C15H14N2O/c1-11(17-9-2-3-10-17)13-7-6-12-5-4-8-16-14(12)15(13)18/h2-11,18H,1H3. The number of rotatable bonds is 2. The third kappa shape index (κ3) is 1.64. The summed E-state index contributed by atoms with van der Waals surface area (Å²) in [6, 6.07) is 11.8. The Morgan fingerprint density at radius 3 is 2.67 bits per heavy atom. The van der Waals surface area contributed by atoms with Gasteiger partial charge in [-0.2, -0.15) is 0 Å². The zero-order valence-corrected chi connectivity index (χ0v) is 10.1. The monoisotopic (exact) mass is 238 g/mol. The van der Waals surface area contributed by atoms with Gasteiger partial charge in [0.1, 0.15) is 11.3 Å². The molecule has 0 radical (unpaired) electrons. The molecule has 0 amide bonds. The number of pyridine rings is 1. The Morgan fingerprint density at radius 1 is 1.11 bits per heavy atom. The lowest BCUT2D eigenvalue weighted by atomic mass is 10.0. The zero-order valence-electron chi connectivity index (χ0n) is 10.1. The fourth-order valence-electron chi connectivity index (χ4n) is 2.25. The van der Waals surface area contributed by atoms with Crippen LogP contribution < -0.4 is 0 Å². The highest BCUT2D eigenvalue weighted by atomic mass is 16.3. The van der Waals surface area contributed by atoms with Crippen molar-refractivity contribution < 1.29 is 5.11 Å². The van der Waals surface area contributed by atoms with Crippen LogP contribution in [0, 0.1) is 0 Å². The van der Waals surface area contributed by atoms with Gasteiger partial charge in [-0.3, -0.25) is 4.98 Å². The number of benzene rings is 1. The summed E-state index contributed by atoms with van der Waals surface area (Å²) in [6.07, 6.45) is 5.69. The molecule has 1 aromatic carbocycles. The molecule has 0 saturated carbocycles. The van der Waals surface area contributed by atoms with Crippen molar-refractivity contribution in [2.45, 2.75) is 13.0 Å². The first-order valence-corrected chi connectivity index (χ1v) is 5.96. The second kappa shape index (κ2) is 4.18. The van der Waals surface area contributed by atoms with Gasteiger partial charge >= 0.3 is 0 Å². The van der Waals surface area contributed by atoms with Crippen LogP contribution in [0.3, 0.4) is 0 Å². The summed E-state index contributed by atoms with van der Waals surface area (Å²) in [4.78, 5) is 4.25. The summed E-state index contributed by atoms with van der Waals surface area (Å²) in [7, 11) is 0. The van der Waals surface area contributed by atoms with Crippen LogP contribution in [0.2, 0.25) is 0 Å². The first-order chi connectivity index (χ1) is 8.77. The maximum absolute atomic E-state index is 10.3. The molecular formula is C15H14N2O. The van der Waals surface area contributed by atoms with E-state index in [1.54, 1.807) is 6.20 Å². The number of aromatic nitrogens is 2. The molecule has 90 valence electrons. The SMILES string of the molecule is CC(c1ccc2cccnc2c1O)n1cccc1. The summed E-state index contributed by atoms with van der Waals surface area (Å²) in [5.74, 6) is 0.272. The Labute approximate surface area is 105 Å². The maximum atomic E-state index is 10.3. The molecule has 0 saturated heterocycles. The lowest BCUT2D eigenvalue weighted by molar-refractivity contribution is 0.462. The molecule has 0 aliphatic carbocycles. The molecule has 1 unspecified atom stereocenters. The van der Waals surface area contributed by atoms with Gasteiger partial charge in [0.25, 0.3) is 0 Å². The third-order valence-electron chi connectivity index (χ3n) is 3.30. The van der Waals surface area contributed by atoms with E-state index in [-0.39, 0.29) is 11.8 Å². The van der Waals surface area contributed by atoms with E-state index in [2.05, 4.69) is 16.5 Å². The minimum absolute atomic E-state index is 0.0893. The predicted molar refractivity (Wildman–Crippen MR) is 71.7 cm³/mol. The number of aromatic hydroxyl groups is 1. The summed E-state index contributed by atoms with van der Waals surface area (Å²) in [6.45, 7) is 2.06. The first-order valence-electron chi connectivity index (χ1n) is 5.96. The summed E-state index contributed by atoms with van der Waals surface area (Å²) < 4.78 is 2.06. The third-order valence-corrected chi connectivity index (χ3v) is 3.30. The maximum Gasteiger partial charge on any atom is 0.147 e. The highest BCUT2D eigenvalue weighted by molar-refractivity contribution is 5.85. The fraction of sp³-hybridized carbons (Fsp3) is 0.133. The Hall–Kier alpha value is -2.29. The molecule has 3 heteroatoms. The molecular weight excluding hydrogens is 224 g/mol. The number of nitrogens with zero attached hydrogens (tertiary/aromatic N) is 2. The Bertz CT molecular complexity index is 674. The molecule has 2 aromatic heterocycles. The lowest BCUT2D eigenvalue weighted by Crippen LogP contribution is -2.04. The molecule has 0 aliphatic rings. The number of fused-ring (bicyclic) bond motifs is 1. The van der Waals surface area contributed by atoms with Gasteiger partial charge in [-0.1, -0.05) is 18.2 Å².